The van der Waals surface area contributed by atoms with Crippen molar-refractivity contribution in [3.63, 3.8) is 0 Å². The summed E-state index contributed by atoms with van der Waals surface area (Å²) in [6.45, 7) is 3.08. The predicted molar refractivity (Wildman–Crippen MR) is 153 cm³/mol. The van der Waals surface area contributed by atoms with Crippen molar-refractivity contribution in [2.24, 2.45) is 0 Å². The number of aromatic amines is 1. The standard InChI is InChI=1S/C23H14ClF5N2O3S.C4H6N2O3S/c1-12-9-21(15-3-2-4-16(22(15)30-12)23(27,28)29)34-13-5-8-20(19(26)10-13)31-35(32,33)14-6-7-18(25)17(24)11-14;1-3-5-2-4(6-3)10(7,8)9/h2-11,31H,1H3;2H,1H3,(H,5,6)(H,7,8,9). The van der Waals surface area contributed by atoms with Crippen LogP contribution in [0.5, 0.6) is 11.5 Å². The van der Waals surface area contributed by atoms with Crippen LogP contribution in [0, 0.1) is 25.5 Å². The van der Waals surface area contributed by atoms with Gasteiger partial charge in [-0.3, -0.25) is 14.3 Å². The van der Waals surface area contributed by atoms with E-state index in [9.17, 15) is 38.8 Å². The fourth-order valence-electron chi connectivity index (χ4n) is 3.80. The van der Waals surface area contributed by atoms with Crippen LogP contribution >= 0.6 is 11.6 Å². The molecule has 0 amide bonds. The number of pyridine rings is 1. The largest absolute Gasteiger partial charge is 0.456 e. The number of rotatable bonds is 6. The number of fused-ring (bicyclic) bond motifs is 1. The van der Waals surface area contributed by atoms with E-state index in [-0.39, 0.29) is 38.0 Å². The highest BCUT2D eigenvalue weighted by Gasteiger charge is 2.33. The third-order valence-corrected chi connectivity index (χ3v) is 8.22. The smallest absolute Gasteiger partial charge is 0.418 e. The van der Waals surface area contributed by atoms with Crippen LogP contribution < -0.4 is 9.46 Å². The van der Waals surface area contributed by atoms with Gasteiger partial charge < -0.3 is 9.72 Å². The normalized spacial score (nSPS) is 12.0. The topological polar surface area (TPSA) is 151 Å². The molecule has 0 atom stereocenters. The highest BCUT2D eigenvalue weighted by atomic mass is 35.5. The minimum atomic E-state index is -4.64. The zero-order valence-corrected chi connectivity index (χ0v) is 25.2. The summed E-state index contributed by atoms with van der Waals surface area (Å²) in [6.07, 6.45) is -3.58. The molecule has 3 N–H and O–H groups in total. The van der Waals surface area contributed by atoms with Crippen molar-refractivity contribution < 1.29 is 48.1 Å². The molecule has 10 nitrogen and oxygen atoms in total. The molecule has 5 aromatic rings. The summed E-state index contributed by atoms with van der Waals surface area (Å²) in [6, 6.07) is 10.8. The second kappa shape index (κ2) is 12.6. The van der Waals surface area contributed by atoms with Crippen molar-refractivity contribution in [3.8, 4) is 11.5 Å². The monoisotopic (exact) mass is 690 g/mol. The maximum absolute atomic E-state index is 14.7. The zero-order valence-electron chi connectivity index (χ0n) is 22.8. The van der Waals surface area contributed by atoms with Crippen LogP contribution in [-0.2, 0) is 26.3 Å². The van der Waals surface area contributed by atoms with Gasteiger partial charge in [-0.15, -0.1) is 0 Å². The lowest BCUT2D eigenvalue weighted by Gasteiger charge is -2.15. The van der Waals surface area contributed by atoms with E-state index in [1.165, 1.54) is 31.2 Å². The van der Waals surface area contributed by atoms with Crippen LogP contribution in [0.15, 0.2) is 76.8 Å². The molecule has 0 fully saturated rings. The summed E-state index contributed by atoms with van der Waals surface area (Å²) in [7, 11) is -8.40. The van der Waals surface area contributed by atoms with Gasteiger partial charge in [-0.05, 0) is 56.3 Å². The summed E-state index contributed by atoms with van der Waals surface area (Å²) in [5.74, 6) is -1.48. The number of alkyl halides is 3. The first-order valence-electron chi connectivity index (χ1n) is 12.3. The van der Waals surface area contributed by atoms with E-state index in [1.807, 2.05) is 4.72 Å². The third-order valence-electron chi connectivity index (χ3n) is 5.81. The van der Waals surface area contributed by atoms with E-state index in [2.05, 4.69) is 15.0 Å². The maximum Gasteiger partial charge on any atom is 0.418 e. The highest BCUT2D eigenvalue weighted by Crippen LogP contribution is 2.38. The first-order chi connectivity index (χ1) is 20.8. The molecular weight excluding hydrogens is 671 g/mol. The number of sulfonamides is 1. The molecule has 0 radical (unpaired) electrons. The molecule has 0 aliphatic carbocycles. The number of imidazole rings is 1. The average molecular weight is 691 g/mol. The number of aromatic nitrogens is 3. The molecule has 238 valence electrons. The molecule has 0 saturated carbocycles. The minimum Gasteiger partial charge on any atom is -0.456 e. The number of hydrogen-bond donors (Lipinski definition) is 3. The Morgan fingerprint density at radius 2 is 1.67 bits per heavy atom. The Morgan fingerprint density at radius 1 is 0.956 bits per heavy atom. The summed E-state index contributed by atoms with van der Waals surface area (Å²) < 4.78 is 130. The Hall–Kier alpha value is -4.32. The zero-order chi connectivity index (χ0) is 33.3. The van der Waals surface area contributed by atoms with Crippen LogP contribution in [0.1, 0.15) is 17.1 Å². The fourth-order valence-corrected chi connectivity index (χ4v) is 5.60. The van der Waals surface area contributed by atoms with E-state index in [4.69, 9.17) is 20.9 Å². The number of H-pyrrole nitrogens is 1. The maximum atomic E-state index is 14.7. The predicted octanol–water partition coefficient (Wildman–Crippen LogP) is 7.05. The summed E-state index contributed by atoms with van der Waals surface area (Å²) >= 11 is 5.61. The Bertz CT molecular complexity index is 2120. The van der Waals surface area contributed by atoms with Crippen LogP contribution in [-0.4, -0.2) is 36.3 Å². The fraction of sp³-hybridized carbons (Fsp3) is 0.111. The summed E-state index contributed by atoms with van der Waals surface area (Å²) in [4.78, 5) is 9.54. The number of benzene rings is 3. The first kappa shape index (κ1) is 33.6. The molecule has 0 spiro atoms. The first-order valence-corrected chi connectivity index (χ1v) is 15.6. The van der Waals surface area contributed by atoms with E-state index in [0.717, 1.165) is 42.6 Å². The lowest BCUT2D eigenvalue weighted by atomic mass is 10.1. The van der Waals surface area contributed by atoms with Crippen molar-refractivity contribution >= 4 is 48.3 Å². The van der Waals surface area contributed by atoms with Gasteiger partial charge in [0.2, 0.25) is 0 Å². The molecule has 0 saturated heterocycles. The molecular formula is C27H20ClF5N4O6S2. The second-order valence-corrected chi connectivity index (χ2v) is 12.7. The molecule has 18 heteroatoms. The second-order valence-electron chi connectivity index (χ2n) is 9.19. The summed E-state index contributed by atoms with van der Waals surface area (Å²) in [5, 5.41) is -0.639. The Balaban J connectivity index is 0.000000392. The number of ether oxygens (including phenoxy) is 1. The number of anilines is 1. The number of nitrogens with zero attached hydrogens (tertiary/aromatic N) is 2. The van der Waals surface area contributed by atoms with Gasteiger partial charge in [-0.25, -0.2) is 22.2 Å². The molecule has 5 rings (SSSR count). The average Bonchev–Trinajstić information content (AvgIpc) is 3.38. The van der Waals surface area contributed by atoms with E-state index < -0.39 is 54.2 Å². The number of aryl methyl sites for hydroxylation is 2. The molecule has 0 aliphatic rings. The van der Waals surface area contributed by atoms with Gasteiger partial charge in [0.15, 0.2) is 10.8 Å². The molecule has 0 unspecified atom stereocenters. The molecule has 0 bridgehead atoms. The van der Waals surface area contributed by atoms with Crippen molar-refractivity contribution in [1.29, 1.82) is 0 Å². The minimum absolute atomic E-state index is 0.00675. The van der Waals surface area contributed by atoms with Crippen molar-refractivity contribution in [3.05, 3.63) is 101 Å². The van der Waals surface area contributed by atoms with Gasteiger partial charge >= 0.3 is 16.3 Å². The lowest BCUT2D eigenvalue weighted by Crippen LogP contribution is -2.14. The van der Waals surface area contributed by atoms with Gasteiger partial charge in [0.1, 0.15) is 23.1 Å². The number of nitrogens with one attached hydrogen (secondary N) is 2. The number of hydrogen-bond acceptors (Lipinski definition) is 7. The molecule has 45 heavy (non-hydrogen) atoms. The van der Waals surface area contributed by atoms with Crippen molar-refractivity contribution in [2.45, 2.75) is 29.9 Å². The van der Waals surface area contributed by atoms with E-state index in [0.29, 0.717) is 5.82 Å². The molecule has 3 aromatic carbocycles. The van der Waals surface area contributed by atoms with Crippen LogP contribution in [0.4, 0.5) is 27.6 Å². The van der Waals surface area contributed by atoms with Crippen molar-refractivity contribution in [2.75, 3.05) is 4.72 Å². The van der Waals surface area contributed by atoms with E-state index >= 15 is 0 Å². The van der Waals surface area contributed by atoms with Gasteiger partial charge in [0.25, 0.3) is 10.0 Å². The quantitative estimate of drug-likeness (QED) is 0.127. The van der Waals surface area contributed by atoms with Gasteiger partial charge in [-0.1, -0.05) is 17.7 Å². The van der Waals surface area contributed by atoms with Gasteiger partial charge in [0.05, 0.1) is 32.9 Å². The summed E-state index contributed by atoms with van der Waals surface area (Å²) in [5.41, 5.74) is -1.46. The SMILES string of the molecule is Cc1cc(Oc2ccc(NS(=O)(=O)c3ccc(F)c(Cl)c3)c(F)c2)c2cccc(C(F)(F)F)c2n1.Cc1ncc(S(=O)(=O)O)[nH]1. The Kier molecular flexibility index (Phi) is 9.39. The lowest BCUT2D eigenvalue weighted by molar-refractivity contribution is -0.136. The van der Waals surface area contributed by atoms with E-state index in [1.54, 1.807) is 6.92 Å². The van der Waals surface area contributed by atoms with Crippen LogP contribution in [0.2, 0.25) is 5.02 Å². The van der Waals surface area contributed by atoms with Crippen molar-refractivity contribution in [1.82, 2.24) is 15.0 Å². The highest BCUT2D eigenvalue weighted by molar-refractivity contribution is 7.92. The van der Waals surface area contributed by atoms with Crippen LogP contribution in [0.3, 0.4) is 0 Å². The van der Waals surface area contributed by atoms with Crippen LogP contribution in [0.25, 0.3) is 10.9 Å². The molecule has 0 aliphatic heterocycles. The molecule has 2 heterocycles. The van der Waals surface area contributed by atoms with Gasteiger partial charge in [-0.2, -0.15) is 21.6 Å². The Morgan fingerprint density at radius 3 is 2.22 bits per heavy atom. The number of para-hydroxylation sites is 1. The number of halogens is 6. The molecule has 2 aromatic heterocycles. The third kappa shape index (κ3) is 8.05. The van der Waals surface area contributed by atoms with Gasteiger partial charge in [0, 0.05) is 23.2 Å². The Labute approximate surface area is 257 Å².